The molecule has 1 N–H and O–H groups in total. The number of aromatic hydroxyl groups is 1. The summed E-state index contributed by atoms with van der Waals surface area (Å²) in [6.07, 6.45) is 2.58. The minimum absolute atomic E-state index is 0.110. The van der Waals surface area contributed by atoms with Gasteiger partial charge in [0.05, 0.1) is 36.0 Å². The molecule has 0 unspecified atom stereocenters. The molecule has 0 radical (unpaired) electrons. The fourth-order valence-electron chi connectivity index (χ4n) is 4.10. The summed E-state index contributed by atoms with van der Waals surface area (Å²) in [5.74, 6) is 0.180. The van der Waals surface area contributed by atoms with Crippen LogP contribution in [0.15, 0.2) is 18.2 Å². The quantitative estimate of drug-likeness (QED) is 0.133. The Hall–Kier alpha value is -3.30. The van der Waals surface area contributed by atoms with Crippen LogP contribution in [0.2, 0.25) is 5.02 Å². The minimum Gasteiger partial charge on any atom is -0.507 e. The summed E-state index contributed by atoms with van der Waals surface area (Å²) in [5, 5.41) is 10.8. The van der Waals surface area contributed by atoms with Crippen molar-refractivity contribution in [2.75, 3.05) is 39.6 Å². The van der Waals surface area contributed by atoms with E-state index in [2.05, 4.69) is 0 Å². The molecule has 0 saturated heterocycles. The summed E-state index contributed by atoms with van der Waals surface area (Å²) in [6.45, 7) is 9.26. The van der Waals surface area contributed by atoms with Crippen LogP contribution in [0.3, 0.4) is 0 Å². The van der Waals surface area contributed by atoms with Gasteiger partial charge in [-0.1, -0.05) is 38.3 Å². The van der Waals surface area contributed by atoms with E-state index in [1.807, 2.05) is 13.8 Å². The Morgan fingerprint density at radius 2 is 1.40 bits per heavy atom. The van der Waals surface area contributed by atoms with Crippen LogP contribution in [0, 0.1) is 0 Å². The second-order valence-corrected chi connectivity index (χ2v) is 9.40. The van der Waals surface area contributed by atoms with Crippen LogP contribution in [0.25, 0.3) is 0 Å². The molecular formula is C30H39ClO9. The molecule has 0 atom stereocenters. The van der Waals surface area contributed by atoms with E-state index >= 15 is 0 Å². The van der Waals surface area contributed by atoms with Crippen LogP contribution in [-0.4, -0.2) is 62.3 Å². The number of hydrogen-bond acceptors (Lipinski definition) is 9. The molecule has 10 heteroatoms. The Bertz CT molecular complexity index is 1180. The first kappa shape index (κ1) is 32.9. The molecule has 0 aromatic heterocycles. The Kier molecular flexibility index (Phi) is 13.8. The summed E-state index contributed by atoms with van der Waals surface area (Å²) in [6, 6.07) is 4.70. The standard InChI is InChI=1S/C30H39ClO9/c1-6-9-22-26(40-18-27(34)37-8-3)12-11-21(19(4)32)29(22)38-15-13-36-14-16-39-30-23(10-7-2)28(35)24(20(5)33)17-25(30)31/h11-12,17,35H,6-10,13-16,18H2,1-5H3. The molecule has 9 nitrogen and oxygen atoms in total. The zero-order valence-electron chi connectivity index (χ0n) is 23.9. The van der Waals surface area contributed by atoms with Gasteiger partial charge in [0.1, 0.15) is 36.2 Å². The molecule has 0 saturated carbocycles. The molecule has 2 rings (SSSR count). The van der Waals surface area contributed by atoms with E-state index in [0.717, 1.165) is 12.8 Å². The highest BCUT2D eigenvalue weighted by atomic mass is 35.5. The highest BCUT2D eigenvalue weighted by Gasteiger charge is 2.21. The Balaban J connectivity index is 2.02. The molecule has 0 spiro atoms. The summed E-state index contributed by atoms with van der Waals surface area (Å²) in [5.41, 5.74) is 1.78. The Morgan fingerprint density at radius 1 is 0.800 bits per heavy atom. The zero-order chi connectivity index (χ0) is 29.7. The molecule has 0 bridgehead atoms. The minimum atomic E-state index is -0.480. The Morgan fingerprint density at radius 3 is 1.98 bits per heavy atom. The molecule has 0 aliphatic rings. The van der Waals surface area contributed by atoms with Gasteiger partial charge in [-0.3, -0.25) is 9.59 Å². The van der Waals surface area contributed by atoms with Crippen LogP contribution in [0.1, 0.15) is 79.3 Å². The van der Waals surface area contributed by atoms with Gasteiger partial charge >= 0.3 is 5.97 Å². The summed E-state index contributed by atoms with van der Waals surface area (Å²) in [7, 11) is 0. The van der Waals surface area contributed by atoms with E-state index in [1.54, 1.807) is 19.1 Å². The monoisotopic (exact) mass is 578 g/mol. The number of carbonyl (C=O) groups is 3. The largest absolute Gasteiger partial charge is 0.507 e. The van der Waals surface area contributed by atoms with Crippen LogP contribution in [0.5, 0.6) is 23.0 Å². The first-order valence-electron chi connectivity index (χ1n) is 13.5. The number of esters is 1. The number of phenols is 1. The third-order valence-electron chi connectivity index (χ3n) is 5.88. The van der Waals surface area contributed by atoms with Crippen LogP contribution in [-0.2, 0) is 27.1 Å². The van der Waals surface area contributed by atoms with Crippen molar-refractivity contribution >= 4 is 29.1 Å². The predicted octanol–water partition coefficient (Wildman–Crippen LogP) is 5.77. The second kappa shape index (κ2) is 16.7. The molecule has 40 heavy (non-hydrogen) atoms. The third kappa shape index (κ3) is 9.13. The number of ketones is 2. The van der Waals surface area contributed by atoms with Crippen molar-refractivity contribution in [3.8, 4) is 23.0 Å². The predicted molar refractivity (Wildman–Crippen MR) is 151 cm³/mol. The molecule has 0 heterocycles. The van der Waals surface area contributed by atoms with Crippen molar-refractivity contribution in [2.24, 2.45) is 0 Å². The van der Waals surface area contributed by atoms with Gasteiger partial charge in [-0.15, -0.1) is 0 Å². The van der Waals surface area contributed by atoms with Gasteiger partial charge in [-0.2, -0.15) is 0 Å². The molecular weight excluding hydrogens is 540 g/mol. The summed E-state index contributed by atoms with van der Waals surface area (Å²) < 4.78 is 28.1. The van der Waals surface area contributed by atoms with Gasteiger partial charge in [-0.05, 0) is 51.8 Å². The van der Waals surface area contributed by atoms with Crippen LogP contribution < -0.4 is 14.2 Å². The van der Waals surface area contributed by atoms with Crippen LogP contribution >= 0.6 is 11.6 Å². The van der Waals surface area contributed by atoms with E-state index in [-0.39, 0.29) is 67.5 Å². The van der Waals surface area contributed by atoms with Gasteiger partial charge in [0, 0.05) is 11.1 Å². The number of phenolic OH excluding ortho intramolecular Hbond substituents is 1. The maximum absolute atomic E-state index is 12.3. The van der Waals surface area contributed by atoms with Crippen molar-refractivity contribution in [3.63, 3.8) is 0 Å². The van der Waals surface area contributed by atoms with E-state index < -0.39 is 5.97 Å². The fraction of sp³-hybridized carbons (Fsp3) is 0.500. The van der Waals surface area contributed by atoms with E-state index in [1.165, 1.54) is 19.9 Å². The molecule has 0 aliphatic heterocycles. The van der Waals surface area contributed by atoms with Crippen molar-refractivity contribution in [3.05, 3.63) is 45.5 Å². The number of rotatable bonds is 18. The third-order valence-corrected chi connectivity index (χ3v) is 6.16. The molecule has 0 aliphatic carbocycles. The molecule has 220 valence electrons. The average molecular weight is 579 g/mol. The number of carbonyl (C=O) groups excluding carboxylic acids is 3. The lowest BCUT2D eigenvalue weighted by Gasteiger charge is -2.19. The lowest BCUT2D eigenvalue weighted by atomic mass is 10.0. The summed E-state index contributed by atoms with van der Waals surface area (Å²) >= 11 is 6.35. The van der Waals surface area contributed by atoms with Crippen molar-refractivity contribution in [2.45, 2.75) is 60.3 Å². The number of hydrogen-bond donors (Lipinski definition) is 1. The number of Topliss-reactive ketones (excluding diaryl/α,β-unsaturated/α-hetero) is 2. The smallest absolute Gasteiger partial charge is 0.344 e. The SMILES string of the molecule is CCCc1c(O)c(C(C)=O)cc(Cl)c1OCCOCCOc1c(C(C)=O)ccc(OCC(=O)OCC)c1CCC. The number of ether oxygens (including phenoxy) is 5. The highest BCUT2D eigenvalue weighted by Crippen LogP contribution is 2.39. The first-order valence-corrected chi connectivity index (χ1v) is 13.9. The maximum Gasteiger partial charge on any atom is 0.344 e. The highest BCUT2D eigenvalue weighted by molar-refractivity contribution is 6.32. The van der Waals surface area contributed by atoms with Crippen molar-refractivity contribution < 1.29 is 43.2 Å². The molecule has 0 fully saturated rings. The maximum atomic E-state index is 12.3. The second-order valence-electron chi connectivity index (χ2n) is 9.00. The molecule has 2 aromatic rings. The van der Waals surface area contributed by atoms with Gasteiger partial charge in [0.25, 0.3) is 0 Å². The summed E-state index contributed by atoms with van der Waals surface area (Å²) in [4.78, 5) is 35.9. The van der Waals surface area contributed by atoms with Crippen molar-refractivity contribution in [1.82, 2.24) is 0 Å². The zero-order valence-corrected chi connectivity index (χ0v) is 24.7. The number of halogens is 1. The normalized spacial score (nSPS) is 10.8. The van der Waals surface area contributed by atoms with Gasteiger partial charge in [-0.25, -0.2) is 4.79 Å². The average Bonchev–Trinajstić information content (AvgIpc) is 2.90. The fourth-order valence-corrected chi connectivity index (χ4v) is 4.38. The lowest BCUT2D eigenvalue weighted by molar-refractivity contribution is -0.145. The number of benzene rings is 2. The Labute approximate surface area is 240 Å². The van der Waals surface area contributed by atoms with Gasteiger partial charge in [0.2, 0.25) is 0 Å². The first-order chi connectivity index (χ1) is 19.2. The topological polar surface area (TPSA) is 118 Å². The van der Waals surface area contributed by atoms with E-state index in [0.29, 0.717) is 46.8 Å². The van der Waals surface area contributed by atoms with Crippen molar-refractivity contribution in [1.29, 1.82) is 0 Å². The lowest BCUT2D eigenvalue weighted by Crippen LogP contribution is -2.17. The van der Waals surface area contributed by atoms with E-state index in [9.17, 15) is 19.5 Å². The molecule has 0 amide bonds. The van der Waals surface area contributed by atoms with Crippen LogP contribution in [0.4, 0.5) is 0 Å². The van der Waals surface area contributed by atoms with Gasteiger partial charge in [0.15, 0.2) is 18.2 Å². The van der Waals surface area contributed by atoms with Gasteiger partial charge < -0.3 is 28.8 Å². The van der Waals surface area contributed by atoms with E-state index in [4.69, 9.17) is 35.3 Å². The molecule has 2 aromatic carbocycles.